The molecular formula is C10H15NO3. The Kier molecular flexibility index (Phi) is 4.16. The molecule has 0 saturated heterocycles. The molecule has 1 aliphatic carbocycles. The van der Waals surface area contributed by atoms with E-state index in [1.807, 2.05) is 0 Å². The summed E-state index contributed by atoms with van der Waals surface area (Å²) in [6.07, 6.45) is 6.69. The van der Waals surface area contributed by atoms with E-state index in [2.05, 4.69) is 5.32 Å². The van der Waals surface area contributed by atoms with Gasteiger partial charge in [-0.15, -0.1) is 0 Å². The van der Waals surface area contributed by atoms with Crippen LogP contribution in [0.3, 0.4) is 0 Å². The van der Waals surface area contributed by atoms with Crippen LogP contribution in [-0.4, -0.2) is 23.5 Å². The molecule has 0 bridgehead atoms. The van der Waals surface area contributed by atoms with E-state index in [4.69, 9.17) is 5.11 Å². The number of rotatable bonds is 6. The standard InChI is InChI=1S/C10H15NO3/c12-9(5-6-10(13)14)11-7-1-2-8-3-4-8/h5-6,8H,1-4,7H2,(H,11,12)(H,13,14)/b6-5+. The minimum Gasteiger partial charge on any atom is -0.478 e. The fourth-order valence-electron chi connectivity index (χ4n) is 1.21. The maximum Gasteiger partial charge on any atom is 0.328 e. The summed E-state index contributed by atoms with van der Waals surface area (Å²) in [5, 5.41) is 10.9. The van der Waals surface area contributed by atoms with Gasteiger partial charge in [-0.3, -0.25) is 4.79 Å². The summed E-state index contributed by atoms with van der Waals surface area (Å²) in [6, 6.07) is 0. The van der Waals surface area contributed by atoms with Crippen molar-refractivity contribution in [1.29, 1.82) is 0 Å². The molecule has 0 aromatic rings. The molecule has 4 nitrogen and oxygen atoms in total. The molecule has 1 fully saturated rings. The van der Waals surface area contributed by atoms with Crippen LogP contribution in [0, 0.1) is 5.92 Å². The van der Waals surface area contributed by atoms with E-state index < -0.39 is 5.97 Å². The molecule has 1 aliphatic rings. The van der Waals surface area contributed by atoms with Gasteiger partial charge in [0.1, 0.15) is 0 Å². The Morgan fingerprint density at radius 3 is 2.64 bits per heavy atom. The maximum absolute atomic E-state index is 10.9. The van der Waals surface area contributed by atoms with Crippen molar-refractivity contribution in [3.63, 3.8) is 0 Å². The van der Waals surface area contributed by atoms with Crippen molar-refractivity contribution < 1.29 is 14.7 Å². The molecule has 0 aromatic heterocycles. The van der Waals surface area contributed by atoms with Gasteiger partial charge in [0, 0.05) is 18.7 Å². The van der Waals surface area contributed by atoms with Crippen LogP contribution in [0.4, 0.5) is 0 Å². The molecule has 14 heavy (non-hydrogen) atoms. The Labute approximate surface area is 83.0 Å². The first-order valence-corrected chi connectivity index (χ1v) is 4.87. The number of nitrogens with one attached hydrogen (secondary N) is 1. The molecule has 0 heterocycles. The van der Waals surface area contributed by atoms with Crippen molar-refractivity contribution in [3.8, 4) is 0 Å². The SMILES string of the molecule is O=C(O)/C=C/C(=O)NCCCC1CC1. The van der Waals surface area contributed by atoms with Crippen molar-refractivity contribution in [2.45, 2.75) is 25.7 Å². The van der Waals surface area contributed by atoms with Crippen molar-refractivity contribution in [1.82, 2.24) is 5.32 Å². The van der Waals surface area contributed by atoms with E-state index in [0.717, 1.165) is 24.5 Å². The van der Waals surface area contributed by atoms with Gasteiger partial charge in [-0.1, -0.05) is 12.8 Å². The van der Waals surface area contributed by atoms with Crippen LogP contribution < -0.4 is 5.32 Å². The Balaban J connectivity index is 1.99. The van der Waals surface area contributed by atoms with Gasteiger partial charge in [0.05, 0.1) is 0 Å². The fraction of sp³-hybridized carbons (Fsp3) is 0.600. The number of carboxylic acids is 1. The van der Waals surface area contributed by atoms with E-state index in [0.29, 0.717) is 6.54 Å². The number of aliphatic carboxylic acids is 1. The molecular weight excluding hydrogens is 182 g/mol. The molecule has 0 spiro atoms. The Bertz CT molecular complexity index is 244. The summed E-state index contributed by atoms with van der Waals surface area (Å²) in [7, 11) is 0. The van der Waals surface area contributed by atoms with E-state index in [1.54, 1.807) is 0 Å². The number of hydrogen-bond acceptors (Lipinski definition) is 2. The van der Waals surface area contributed by atoms with Gasteiger partial charge in [-0.2, -0.15) is 0 Å². The smallest absolute Gasteiger partial charge is 0.328 e. The van der Waals surface area contributed by atoms with Crippen LogP contribution in [0.2, 0.25) is 0 Å². The zero-order chi connectivity index (χ0) is 10.4. The van der Waals surface area contributed by atoms with Crippen LogP contribution in [0.5, 0.6) is 0 Å². The fourth-order valence-corrected chi connectivity index (χ4v) is 1.21. The Morgan fingerprint density at radius 1 is 1.36 bits per heavy atom. The van der Waals surface area contributed by atoms with E-state index in [1.165, 1.54) is 19.3 Å². The van der Waals surface area contributed by atoms with Crippen LogP contribution in [0.25, 0.3) is 0 Å². The van der Waals surface area contributed by atoms with Crippen LogP contribution in [0.1, 0.15) is 25.7 Å². The zero-order valence-corrected chi connectivity index (χ0v) is 8.03. The predicted octanol–water partition coefficient (Wildman–Crippen LogP) is 0.934. The summed E-state index contributed by atoms with van der Waals surface area (Å²) in [6.45, 7) is 0.638. The maximum atomic E-state index is 10.9. The normalized spacial score (nSPS) is 15.7. The van der Waals surface area contributed by atoms with Crippen molar-refractivity contribution >= 4 is 11.9 Å². The monoisotopic (exact) mass is 197 g/mol. The average Bonchev–Trinajstić information content (AvgIpc) is 2.92. The first kappa shape index (κ1) is 10.8. The lowest BCUT2D eigenvalue weighted by molar-refractivity contribution is -0.131. The van der Waals surface area contributed by atoms with Gasteiger partial charge >= 0.3 is 5.97 Å². The molecule has 0 aromatic carbocycles. The topological polar surface area (TPSA) is 66.4 Å². The second-order valence-corrected chi connectivity index (χ2v) is 3.55. The second-order valence-electron chi connectivity index (χ2n) is 3.55. The van der Waals surface area contributed by atoms with Crippen molar-refractivity contribution in [2.24, 2.45) is 5.92 Å². The number of carbonyl (C=O) groups excluding carboxylic acids is 1. The highest BCUT2D eigenvalue weighted by Crippen LogP contribution is 2.33. The summed E-state index contributed by atoms with van der Waals surface area (Å²) in [4.78, 5) is 21.0. The van der Waals surface area contributed by atoms with Gasteiger partial charge in [-0.25, -0.2) is 4.79 Å². The van der Waals surface area contributed by atoms with Crippen LogP contribution in [-0.2, 0) is 9.59 Å². The first-order valence-electron chi connectivity index (χ1n) is 4.87. The van der Waals surface area contributed by atoms with Gasteiger partial charge in [0.2, 0.25) is 5.91 Å². The molecule has 4 heteroatoms. The van der Waals surface area contributed by atoms with E-state index in [9.17, 15) is 9.59 Å². The highest BCUT2D eigenvalue weighted by atomic mass is 16.4. The van der Waals surface area contributed by atoms with Gasteiger partial charge in [0.25, 0.3) is 0 Å². The highest BCUT2D eigenvalue weighted by Gasteiger charge is 2.19. The minimum absolute atomic E-state index is 0.330. The van der Waals surface area contributed by atoms with E-state index in [-0.39, 0.29) is 5.91 Å². The molecule has 0 aliphatic heterocycles. The lowest BCUT2D eigenvalue weighted by Crippen LogP contribution is -2.22. The minimum atomic E-state index is -1.10. The quantitative estimate of drug-likeness (QED) is 0.492. The third kappa shape index (κ3) is 5.35. The summed E-state index contributed by atoms with van der Waals surface area (Å²) < 4.78 is 0. The third-order valence-corrected chi connectivity index (χ3v) is 2.16. The lowest BCUT2D eigenvalue weighted by Gasteiger charge is -2.00. The number of hydrogen-bond donors (Lipinski definition) is 2. The number of carbonyl (C=O) groups is 2. The molecule has 2 N–H and O–H groups in total. The predicted molar refractivity (Wildman–Crippen MR) is 51.7 cm³/mol. The lowest BCUT2D eigenvalue weighted by atomic mass is 10.2. The van der Waals surface area contributed by atoms with E-state index >= 15 is 0 Å². The number of carboxylic acid groups (broad SMARTS) is 1. The average molecular weight is 197 g/mol. The second kappa shape index (κ2) is 5.42. The van der Waals surface area contributed by atoms with Gasteiger partial charge in [-0.05, 0) is 18.8 Å². The molecule has 1 amide bonds. The van der Waals surface area contributed by atoms with Gasteiger partial charge < -0.3 is 10.4 Å². The van der Waals surface area contributed by atoms with Crippen LogP contribution in [0.15, 0.2) is 12.2 Å². The largest absolute Gasteiger partial charge is 0.478 e. The molecule has 0 radical (unpaired) electrons. The van der Waals surface area contributed by atoms with Crippen molar-refractivity contribution in [2.75, 3.05) is 6.54 Å². The summed E-state index contributed by atoms with van der Waals surface area (Å²) in [5.41, 5.74) is 0. The summed E-state index contributed by atoms with van der Waals surface area (Å²) in [5.74, 6) is -0.553. The Morgan fingerprint density at radius 2 is 2.07 bits per heavy atom. The van der Waals surface area contributed by atoms with Gasteiger partial charge in [0.15, 0.2) is 0 Å². The Hall–Kier alpha value is -1.32. The molecule has 0 atom stereocenters. The molecule has 1 saturated carbocycles. The third-order valence-electron chi connectivity index (χ3n) is 2.16. The summed E-state index contributed by atoms with van der Waals surface area (Å²) >= 11 is 0. The highest BCUT2D eigenvalue weighted by molar-refractivity contribution is 5.93. The zero-order valence-electron chi connectivity index (χ0n) is 8.03. The molecule has 78 valence electrons. The van der Waals surface area contributed by atoms with Crippen LogP contribution >= 0.6 is 0 Å². The molecule has 0 unspecified atom stereocenters. The molecule has 1 rings (SSSR count). The first-order chi connectivity index (χ1) is 6.68. The number of amides is 1. The van der Waals surface area contributed by atoms with Crippen molar-refractivity contribution in [3.05, 3.63) is 12.2 Å².